The topological polar surface area (TPSA) is 20.7 Å². The van der Waals surface area contributed by atoms with Crippen LogP contribution >= 0.6 is 0 Å². The zero-order chi connectivity index (χ0) is 36.7. The second kappa shape index (κ2) is 10.7. The van der Waals surface area contributed by atoms with E-state index in [2.05, 4.69) is 173 Å². The van der Waals surface area contributed by atoms with E-state index in [0.29, 0.717) is 0 Å². The van der Waals surface area contributed by atoms with Crippen molar-refractivity contribution >= 4 is 61.8 Å². The molecule has 51 heavy (non-hydrogen) atoms. The number of hydrogen-bond donors (Lipinski definition) is 1. The third-order valence-electron chi connectivity index (χ3n) is 11.9. The Kier molecular flexibility index (Phi) is 7.08. The van der Waals surface area contributed by atoms with Gasteiger partial charge in [0.15, 0.2) is 7.28 Å². The van der Waals surface area contributed by atoms with Crippen molar-refractivity contribution in [3.63, 3.8) is 0 Å². The van der Waals surface area contributed by atoms with Crippen LogP contribution in [0.15, 0.2) is 66.7 Å². The van der Waals surface area contributed by atoms with Gasteiger partial charge in [-0.3, -0.25) is 0 Å². The number of aromatic nitrogens is 2. The molecule has 2 nitrogen and oxygen atoms in total. The number of H-pyrrole nitrogens is 1. The zero-order valence-electron chi connectivity index (χ0n) is 33.5. The van der Waals surface area contributed by atoms with Gasteiger partial charge in [-0.25, -0.2) is 0 Å². The molecule has 0 saturated carbocycles. The minimum absolute atomic E-state index is 0.00622. The maximum absolute atomic E-state index is 3.96. The summed E-state index contributed by atoms with van der Waals surface area (Å²) in [5, 5.41) is 5.38. The number of aryl methyl sites for hydroxylation is 1. The van der Waals surface area contributed by atoms with Gasteiger partial charge in [0.2, 0.25) is 0 Å². The van der Waals surface area contributed by atoms with Gasteiger partial charge < -0.3 is 9.55 Å². The van der Waals surface area contributed by atoms with Gasteiger partial charge in [-0.1, -0.05) is 107 Å². The van der Waals surface area contributed by atoms with Crippen LogP contribution in [0.4, 0.5) is 0 Å². The van der Waals surface area contributed by atoms with Gasteiger partial charge in [-0.2, -0.15) is 0 Å². The molecule has 0 bridgehead atoms. The fraction of sp³-hybridized carbons (Fsp3) is 0.375. The smallest absolute Gasteiger partial charge is 0.198 e. The molecule has 8 rings (SSSR count). The van der Waals surface area contributed by atoms with Gasteiger partial charge in [0.1, 0.15) is 0 Å². The molecule has 2 aromatic heterocycles. The molecule has 0 aliphatic carbocycles. The van der Waals surface area contributed by atoms with Crippen molar-refractivity contribution in [3.05, 3.63) is 100 Å². The lowest BCUT2D eigenvalue weighted by Gasteiger charge is -2.28. The zero-order valence-corrected chi connectivity index (χ0v) is 33.5. The van der Waals surface area contributed by atoms with E-state index < -0.39 is 0 Å². The molecule has 3 heterocycles. The van der Waals surface area contributed by atoms with Crippen LogP contribution in [0.1, 0.15) is 116 Å². The van der Waals surface area contributed by atoms with Crippen LogP contribution in [0.2, 0.25) is 0 Å². The molecule has 1 aliphatic heterocycles. The average Bonchev–Trinajstić information content (AvgIpc) is 3.56. The summed E-state index contributed by atoms with van der Waals surface area (Å²) in [7, 11) is 0.907. The number of benzene rings is 5. The van der Waals surface area contributed by atoms with Gasteiger partial charge in [0, 0.05) is 43.8 Å². The lowest BCUT2D eigenvalue weighted by molar-refractivity contribution is 0.590. The van der Waals surface area contributed by atoms with Gasteiger partial charge >= 0.3 is 0 Å². The molecule has 3 heteroatoms. The lowest BCUT2D eigenvalue weighted by Crippen LogP contribution is -2.38. The normalized spacial score (nSPS) is 13.8. The van der Waals surface area contributed by atoms with Gasteiger partial charge in [0.25, 0.3) is 0 Å². The number of hydrogen-bond acceptors (Lipinski definition) is 0. The highest BCUT2D eigenvalue weighted by atomic mass is 15.0. The van der Waals surface area contributed by atoms with Crippen LogP contribution in [-0.4, -0.2) is 16.8 Å². The summed E-state index contributed by atoms with van der Waals surface area (Å²) < 4.78 is 2.61. The number of fused-ring (bicyclic) bond motifs is 8. The maximum atomic E-state index is 3.96. The Labute approximate surface area is 305 Å². The predicted molar refractivity (Wildman–Crippen MR) is 226 cm³/mol. The van der Waals surface area contributed by atoms with Crippen molar-refractivity contribution in [1.29, 1.82) is 0 Å². The SMILES string of the molecule is Cc1cc2c(c(-c3cc(C(C)(C)C)cc4c3[nH]c3ccc(C(C)(C)C)cc34)c1C)Bc1cc(C(C)(C)C)cc3c4cc(C(C)(C)C)ccc4n-2c13. The quantitative estimate of drug-likeness (QED) is 0.168. The van der Waals surface area contributed by atoms with Crippen molar-refractivity contribution in [3.8, 4) is 16.8 Å². The number of nitrogens with one attached hydrogen (secondary N) is 1. The molecule has 0 amide bonds. The maximum Gasteiger partial charge on any atom is 0.198 e. The molecule has 0 saturated heterocycles. The molecule has 260 valence electrons. The standard InChI is InChI=1S/C48H55BN2/c1-26-19-40-42(49-37-25-31(48(12,13)14)23-35-33-21-29(46(6,7)8)16-18-39(33)51(40)44(35)37)41(27(26)2)36-24-30(47(9,10)11)22-34-32-20-28(45(3,4)5)15-17-38(32)50-43(34)36/h15-25,49-50H,1-14H3. The molecule has 0 atom stereocenters. The Morgan fingerprint density at radius 1 is 0.549 bits per heavy atom. The Morgan fingerprint density at radius 2 is 1.10 bits per heavy atom. The minimum Gasteiger partial charge on any atom is -0.354 e. The summed E-state index contributed by atoms with van der Waals surface area (Å²) in [6, 6.07) is 26.7. The molecule has 0 unspecified atom stereocenters. The highest BCUT2D eigenvalue weighted by molar-refractivity contribution is 6.73. The van der Waals surface area contributed by atoms with E-state index in [1.54, 1.807) is 0 Å². The number of rotatable bonds is 1. The van der Waals surface area contributed by atoms with Crippen LogP contribution in [-0.2, 0) is 21.7 Å². The number of aromatic amines is 1. The highest BCUT2D eigenvalue weighted by Crippen LogP contribution is 2.43. The van der Waals surface area contributed by atoms with Gasteiger partial charge in [-0.05, 0) is 128 Å². The van der Waals surface area contributed by atoms with Gasteiger partial charge in [-0.15, -0.1) is 0 Å². The summed E-state index contributed by atoms with van der Waals surface area (Å²) in [6.45, 7) is 32.7. The van der Waals surface area contributed by atoms with Crippen LogP contribution in [0.5, 0.6) is 0 Å². The van der Waals surface area contributed by atoms with E-state index in [-0.39, 0.29) is 21.7 Å². The van der Waals surface area contributed by atoms with Crippen LogP contribution in [0.25, 0.3) is 60.4 Å². The van der Waals surface area contributed by atoms with E-state index in [9.17, 15) is 0 Å². The summed E-state index contributed by atoms with van der Waals surface area (Å²) >= 11 is 0. The summed E-state index contributed by atoms with van der Waals surface area (Å²) in [6.07, 6.45) is 0. The molecule has 1 N–H and O–H groups in total. The van der Waals surface area contributed by atoms with E-state index in [1.165, 1.54) is 105 Å². The van der Waals surface area contributed by atoms with Crippen LogP contribution in [0, 0.1) is 13.8 Å². The molecule has 0 fully saturated rings. The molecule has 5 aromatic carbocycles. The molecule has 1 aliphatic rings. The predicted octanol–water partition coefficient (Wildman–Crippen LogP) is 11.6. The Morgan fingerprint density at radius 3 is 1.73 bits per heavy atom. The molecule has 0 spiro atoms. The van der Waals surface area contributed by atoms with Crippen LogP contribution in [0.3, 0.4) is 0 Å². The largest absolute Gasteiger partial charge is 0.354 e. The van der Waals surface area contributed by atoms with Crippen LogP contribution < -0.4 is 10.9 Å². The third kappa shape index (κ3) is 5.21. The molecular weight excluding hydrogens is 615 g/mol. The molecular formula is C48H55BN2. The van der Waals surface area contributed by atoms with E-state index in [0.717, 1.165) is 7.28 Å². The molecule has 0 radical (unpaired) electrons. The Bertz CT molecular complexity index is 2590. The second-order valence-electron chi connectivity index (χ2n) is 19.8. The van der Waals surface area contributed by atoms with Gasteiger partial charge in [0.05, 0.1) is 11.0 Å². The average molecular weight is 671 g/mol. The first-order chi connectivity index (χ1) is 23.6. The summed E-state index contributed by atoms with van der Waals surface area (Å²) in [4.78, 5) is 3.96. The fourth-order valence-electron chi connectivity index (χ4n) is 8.50. The first-order valence-electron chi connectivity index (χ1n) is 19.0. The van der Waals surface area contributed by atoms with E-state index >= 15 is 0 Å². The van der Waals surface area contributed by atoms with Crippen molar-refractivity contribution in [2.24, 2.45) is 0 Å². The van der Waals surface area contributed by atoms with E-state index in [4.69, 9.17) is 0 Å². The van der Waals surface area contributed by atoms with Crippen molar-refractivity contribution < 1.29 is 0 Å². The fourth-order valence-corrected chi connectivity index (χ4v) is 8.50. The highest BCUT2D eigenvalue weighted by Gasteiger charge is 2.31. The third-order valence-corrected chi connectivity index (χ3v) is 11.9. The summed E-state index contributed by atoms with van der Waals surface area (Å²) in [5.74, 6) is 0. The first-order valence-corrected chi connectivity index (χ1v) is 19.0. The minimum atomic E-state index is -0.00622. The lowest BCUT2D eigenvalue weighted by atomic mass is 9.57. The first kappa shape index (κ1) is 33.9. The van der Waals surface area contributed by atoms with E-state index in [1.807, 2.05) is 0 Å². The summed E-state index contributed by atoms with van der Waals surface area (Å²) in [5.41, 5.74) is 20.4. The Balaban J connectivity index is 1.51. The van der Waals surface area contributed by atoms with Crippen molar-refractivity contribution in [1.82, 2.24) is 9.55 Å². The van der Waals surface area contributed by atoms with Crippen molar-refractivity contribution in [2.45, 2.75) is 119 Å². The van der Waals surface area contributed by atoms with Crippen molar-refractivity contribution in [2.75, 3.05) is 0 Å². The second-order valence-corrected chi connectivity index (χ2v) is 19.8. The molecule has 7 aromatic rings. The number of nitrogens with zero attached hydrogens (tertiary/aromatic N) is 1. The Hall–Kier alpha value is -4.24. The monoisotopic (exact) mass is 670 g/mol.